The Balaban J connectivity index is 2.26. The van der Waals surface area contributed by atoms with Gasteiger partial charge in [-0.1, -0.05) is 12.1 Å². The quantitative estimate of drug-likeness (QED) is 0.745. The predicted molar refractivity (Wildman–Crippen MR) is 55.3 cm³/mol. The van der Waals surface area contributed by atoms with Crippen molar-refractivity contribution in [2.75, 3.05) is 0 Å². The van der Waals surface area contributed by atoms with E-state index in [0.29, 0.717) is 11.8 Å². The van der Waals surface area contributed by atoms with Crippen LogP contribution in [0.3, 0.4) is 0 Å². The van der Waals surface area contributed by atoms with Gasteiger partial charge in [0.2, 0.25) is 0 Å². The summed E-state index contributed by atoms with van der Waals surface area (Å²) in [7, 11) is 0. The molecule has 0 radical (unpaired) electrons. The van der Waals surface area contributed by atoms with Crippen LogP contribution in [0.25, 0.3) is 0 Å². The molecule has 0 unspecified atom stereocenters. The van der Waals surface area contributed by atoms with Crippen LogP contribution in [-0.2, 0) is 0 Å². The summed E-state index contributed by atoms with van der Waals surface area (Å²) in [6.45, 7) is 1.64. The van der Waals surface area contributed by atoms with Crippen LogP contribution >= 0.6 is 0 Å². The Morgan fingerprint density at radius 1 is 1.31 bits per heavy atom. The zero-order valence-electron chi connectivity index (χ0n) is 8.57. The standard InChI is InChI=1S/C12H9FO3/c1-8-3-2-4-10(12(8)13)16-11-6-5-9(7-14)15-11/h2-7H,1H3. The number of halogens is 1. The van der Waals surface area contributed by atoms with Crippen molar-refractivity contribution in [2.45, 2.75) is 6.92 Å². The molecule has 1 aromatic carbocycles. The molecule has 2 aromatic rings. The maximum Gasteiger partial charge on any atom is 0.290 e. The molecule has 0 spiro atoms. The number of hydrogen-bond donors (Lipinski definition) is 0. The van der Waals surface area contributed by atoms with E-state index in [2.05, 4.69) is 0 Å². The molecule has 0 fully saturated rings. The number of hydrogen-bond acceptors (Lipinski definition) is 3. The summed E-state index contributed by atoms with van der Waals surface area (Å²) in [6.07, 6.45) is 0.555. The third-order valence-electron chi connectivity index (χ3n) is 2.09. The number of aryl methyl sites for hydroxylation is 1. The molecule has 0 bridgehead atoms. The van der Waals surface area contributed by atoms with Crippen LogP contribution in [0, 0.1) is 12.7 Å². The molecule has 0 amide bonds. The second-order valence-corrected chi connectivity index (χ2v) is 3.26. The molecular formula is C12H9FO3. The van der Waals surface area contributed by atoms with Crippen molar-refractivity contribution in [3.8, 4) is 11.7 Å². The first-order valence-electron chi connectivity index (χ1n) is 4.68. The fraction of sp³-hybridized carbons (Fsp3) is 0.0833. The molecule has 1 aromatic heterocycles. The highest BCUT2D eigenvalue weighted by Crippen LogP contribution is 2.27. The van der Waals surface area contributed by atoms with Gasteiger partial charge in [-0.25, -0.2) is 4.39 Å². The molecular weight excluding hydrogens is 211 g/mol. The molecule has 0 N–H and O–H groups in total. The molecule has 1 heterocycles. The van der Waals surface area contributed by atoms with Gasteiger partial charge >= 0.3 is 0 Å². The van der Waals surface area contributed by atoms with E-state index < -0.39 is 5.82 Å². The van der Waals surface area contributed by atoms with Gasteiger partial charge in [-0.15, -0.1) is 0 Å². The molecule has 3 nitrogen and oxygen atoms in total. The minimum absolute atomic E-state index is 0.0757. The second kappa shape index (κ2) is 4.18. The van der Waals surface area contributed by atoms with Gasteiger partial charge in [0, 0.05) is 6.07 Å². The lowest BCUT2D eigenvalue weighted by molar-refractivity contribution is 0.109. The first-order chi connectivity index (χ1) is 7.70. The zero-order chi connectivity index (χ0) is 11.5. The Labute approximate surface area is 91.5 Å². The fourth-order valence-electron chi connectivity index (χ4n) is 1.26. The normalized spacial score (nSPS) is 10.1. The number of carbonyl (C=O) groups is 1. The summed E-state index contributed by atoms with van der Waals surface area (Å²) < 4.78 is 23.7. The maximum atomic E-state index is 13.5. The van der Waals surface area contributed by atoms with Gasteiger partial charge in [0.15, 0.2) is 23.6 Å². The SMILES string of the molecule is Cc1cccc(Oc2ccc(C=O)o2)c1F. The Bertz CT molecular complexity index is 517. The monoisotopic (exact) mass is 220 g/mol. The predicted octanol–water partition coefficient (Wildman–Crippen LogP) is 3.33. The molecule has 0 saturated heterocycles. The lowest BCUT2D eigenvalue weighted by Crippen LogP contribution is -1.89. The molecule has 82 valence electrons. The van der Waals surface area contributed by atoms with Crippen molar-refractivity contribution in [3.05, 3.63) is 47.5 Å². The van der Waals surface area contributed by atoms with Crippen LogP contribution in [0.5, 0.6) is 11.7 Å². The van der Waals surface area contributed by atoms with Crippen molar-refractivity contribution in [3.63, 3.8) is 0 Å². The number of ether oxygens (including phenoxy) is 1. The Kier molecular flexibility index (Phi) is 2.72. The molecule has 0 aliphatic carbocycles. The maximum absolute atomic E-state index is 13.5. The Morgan fingerprint density at radius 2 is 2.12 bits per heavy atom. The van der Waals surface area contributed by atoms with Crippen LogP contribution in [0.2, 0.25) is 0 Å². The van der Waals surface area contributed by atoms with Crippen LogP contribution < -0.4 is 4.74 Å². The lowest BCUT2D eigenvalue weighted by Gasteiger charge is -2.04. The number of carbonyl (C=O) groups excluding carboxylic acids is 1. The van der Waals surface area contributed by atoms with Gasteiger partial charge < -0.3 is 9.15 Å². The second-order valence-electron chi connectivity index (χ2n) is 3.26. The molecule has 0 aliphatic heterocycles. The van der Waals surface area contributed by atoms with Crippen molar-refractivity contribution in [2.24, 2.45) is 0 Å². The van der Waals surface area contributed by atoms with Crippen molar-refractivity contribution >= 4 is 6.29 Å². The molecule has 0 aliphatic rings. The number of aldehydes is 1. The largest absolute Gasteiger partial charge is 0.423 e. The van der Waals surface area contributed by atoms with E-state index in [9.17, 15) is 9.18 Å². The van der Waals surface area contributed by atoms with Gasteiger partial charge in [0.1, 0.15) is 0 Å². The number of benzene rings is 1. The van der Waals surface area contributed by atoms with Crippen LogP contribution in [-0.4, -0.2) is 6.29 Å². The van der Waals surface area contributed by atoms with Gasteiger partial charge in [-0.3, -0.25) is 4.79 Å². The zero-order valence-corrected chi connectivity index (χ0v) is 8.57. The Hall–Kier alpha value is -2.10. The van der Waals surface area contributed by atoms with Crippen molar-refractivity contribution in [1.82, 2.24) is 0 Å². The van der Waals surface area contributed by atoms with Gasteiger partial charge in [0.05, 0.1) is 0 Å². The average molecular weight is 220 g/mol. The highest BCUT2D eigenvalue weighted by molar-refractivity contribution is 5.70. The molecule has 0 saturated carbocycles. The van der Waals surface area contributed by atoms with Gasteiger partial charge in [-0.2, -0.15) is 0 Å². The van der Waals surface area contributed by atoms with Gasteiger partial charge in [-0.05, 0) is 24.6 Å². The minimum Gasteiger partial charge on any atom is -0.423 e. The number of rotatable bonds is 3. The smallest absolute Gasteiger partial charge is 0.290 e. The highest BCUT2D eigenvalue weighted by Gasteiger charge is 2.09. The summed E-state index contributed by atoms with van der Waals surface area (Å²) >= 11 is 0. The van der Waals surface area contributed by atoms with E-state index in [-0.39, 0.29) is 17.5 Å². The summed E-state index contributed by atoms with van der Waals surface area (Å²) in [6, 6.07) is 7.73. The summed E-state index contributed by atoms with van der Waals surface area (Å²) in [5, 5.41) is 0. The Morgan fingerprint density at radius 3 is 2.81 bits per heavy atom. The third kappa shape index (κ3) is 1.95. The average Bonchev–Trinajstić information content (AvgIpc) is 2.73. The third-order valence-corrected chi connectivity index (χ3v) is 2.09. The van der Waals surface area contributed by atoms with Crippen LogP contribution in [0.1, 0.15) is 16.1 Å². The van der Waals surface area contributed by atoms with E-state index in [1.807, 2.05) is 0 Å². The highest BCUT2D eigenvalue weighted by atomic mass is 19.1. The van der Waals surface area contributed by atoms with Crippen LogP contribution in [0.4, 0.5) is 4.39 Å². The molecule has 0 atom stereocenters. The first kappa shape index (κ1) is 10.4. The molecule has 4 heteroatoms. The molecule has 2 rings (SSSR count). The fourth-order valence-corrected chi connectivity index (χ4v) is 1.26. The summed E-state index contributed by atoms with van der Waals surface area (Å²) in [5.41, 5.74) is 0.486. The van der Waals surface area contributed by atoms with Gasteiger partial charge in [0.25, 0.3) is 5.95 Å². The van der Waals surface area contributed by atoms with Crippen molar-refractivity contribution < 1.29 is 18.3 Å². The molecule has 16 heavy (non-hydrogen) atoms. The van der Waals surface area contributed by atoms with E-state index in [1.165, 1.54) is 18.2 Å². The number of furan rings is 1. The van der Waals surface area contributed by atoms with E-state index in [1.54, 1.807) is 19.1 Å². The summed E-state index contributed by atoms with van der Waals surface area (Å²) in [4.78, 5) is 10.4. The van der Waals surface area contributed by atoms with E-state index in [4.69, 9.17) is 9.15 Å². The van der Waals surface area contributed by atoms with E-state index >= 15 is 0 Å². The van der Waals surface area contributed by atoms with E-state index in [0.717, 1.165) is 0 Å². The lowest BCUT2D eigenvalue weighted by atomic mass is 10.2. The first-order valence-corrected chi connectivity index (χ1v) is 4.68. The topological polar surface area (TPSA) is 39.4 Å². The summed E-state index contributed by atoms with van der Waals surface area (Å²) in [5.74, 6) is -0.131. The van der Waals surface area contributed by atoms with Crippen molar-refractivity contribution in [1.29, 1.82) is 0 Å². The minimum atomic E-state index is -0.438. The van der Waals surface area contributed by atoms with Crippen LogP contribution in [0.15, 0.2) is 34.7 Å².